The molecule has 0 bridgehead atoms. The standard InChI is InChI=1S/C9H15NOS/c1-4-11-8(7(2)3)9-10-5-6-12-9/h5-8H,4H2,1-3H3. The number of hydrogen-bond donors (Lipinski definition) is 0. The maximum absolute atomic E-state index is 5.60. The van der Waals surface area contributed by atoms with Crippen molar-refractivity contribution in [3.8, 4) is 0 Å². The molecule has 12 heavy (non-hydrogen) atoms. The van der Waals surface area contributed by atoms with E-state index in [-0.39, 0.29) is 6.10 Å². The fourth-order valence-electron chi connectivity index (χ4n) is 1.10. The van der Waals surface area contributed by atoms with E-state index in [4.69, 9.17) is 4.74 Å². The van der Waals surface area contributed by atoms with E-state index in [0.29, 0.717) is 5.92 Å². The summed E-state index contributed by atoms with van der Waals surface area (Å²) in [6, 6.07) is 0. The Kier molecular flexibility index (Phi) is 3.69. The van der Waals surface area contributed by atoms with E-state index >= 15 is 0 Å². The fraction of sp³-hybridized carbons (Fsp3) is 0.667. The first-order chi connectivity index (χ1) is 5.75. The third-order valence-electron chi connectivity index (χ3n) is 1.65. The molecule has 0 amide bonds. The van der Waals surface area contributed by atoms with Crippen molar-refractivity contribution in [2.24, 2.45) is 5.92 Å². The van der Waals surface area contributed by atoms with Gasteiger partial charge in [0.25, 0.3) is 0 Å². The van der Waals surface area contributed by atoms with Gasteiger partial charge in [0, 0.05) is 18.2 Å². The van der Waals surface area contributed by atoms with Crippen LogP contribution in [0.1, 0.15) is 31.9 Å². The molecular formula is C9H15NOS. The second kappa shape index (κ2) is 4.58. The SMILES string of the molecule is CCOC(c1nccs1)C(C)C. The molecule has 1 atom stereocenters. The molecule has 0 aliphatic rings. The molecule has 68 valence electrons. The first-order valence-corrected chi connectivity index (χ1v) is 5.14. The quantitative estimate of drug-likeness (QED) is 0.719. The molecule has 0 radical (unpaired) electrons. The van der Waals surface area contributed by atoms with Gasteiger partial charge in [-0.05, 0) is 12.8 Å². The van der Waals surface area contributed by atoms with E-state index in [1.807, 2.05) is 18.5 Å². The lowest BCUT2D eigenvalue weighted by molar-refractivity contribution is 0.0293. The zero-order valence-corrected chi connectivity index (χ0v) is 8.60. The Morgan fingerprint density at radius 1 is 1.58 bits per heavy atom. The molecule has 0 N–H and O–H groups in total. The van der Waals surface area contributed by atoms with Crippen LogP contribution in [0.3, 0.4) is 0 Å². The Labute approximate surface area is 77.6 Å². The Balaban J connectivity index is 2.66. The maximum Gasteiger partial charge on any atom is 0.122 e. The second-order valence-corrected chi connectivity index (χ2v) is 3.92. The highest BCUT2D eigenvalue weighted by Crippen LogP contribution is 2.26. The van der Waals surface area contributed by atoms with Crippen LogP contribution >= 0.6 is 11.3 Å². The molecule has 1 rings (SSSR count). The van der Waals surface area contributed by atoms with Crippen molar-refractivity contribution in [3.05, 3.63) is 16.6 Å². The molecule has 0 aromatic carbocycles. The summed E-state index contributed by atoms with van der Waals surface area (Å²) in [4.78, 5) is 4.25. The van der Waals surface area contributed by atoms with Gasteiger partial charge in [0.1, 0.15) is 11.1 Å². The smallest absolute Gasteiger partial charge is 0.122 e. The topological polar surface area (TPSA) is 22.1 Å². The van der Waals surface area contributed by atoms with Crippen LogP contribution < -0.4 is 0 Å². The van der Waals surface area contributed by atoms with E-state index in [2.05, 4.69) is 18.8 Å². The van der Waals surface area contributed by atoms with Crippen LogP contribution in [-0.2, 0) is 4.74 Å². The molecule has 1 aromatic heterocycles. The van der Waals surface area contributed by atoms with Crippen LogP contribution in [-0.4, -0.2) is 11.6 Å². The van der Waals surface area contributed by atoms with Crippen molar-refractivity contribution in [3.63, 3.8) is 0 Å². The van der Waals surface area contributed by atoms with Crippen LogP contribution in [0.25, 0.3) is 0 Å². The third-order valence-corrected chi connectivity index (χ3v) is 2.48. The van der Waals surface area contributed by atoms with Crippen molar-refractivity contribution in [1.29, 1.82) is 0 Å². The molecule has 2 nitrogen and oxygen atoms in total. The van der Waals surface area contributed by atoms with E-state index in [9.17, 15) is 0 Å². The van der Waals surface area contributed by atoms with Crippen LogP contribution in [0.15, 0.2) is 11.6 Å². The van der Waals surface area contributed by atoms with E-state index in [0.717, 1.165) is 11.6 Å². The minimum atomic E-state index is 0.176. The number of nitrogens with zero attached hydrogens (tertiary/aromatic N) is 1. The van der Waals surface area contributed by atoms with Crippen molar-refractivity contribution in [1.82, 2.24) is 4.98 Å². The molecule has 0 aliphatic heterocycles. The van der Waals surface area contributed by atoms with Gasteiger partial charge in [-0.1, -0.05) is 13.8 Å². The van der Waals surface area contributed by atoms with Gasteiger partial charge < -0.3 is 4.74 Å². The summed E-state index contributed by atoms with van der Waals surface area (Å²) in [5.74, 6) is 0.496. The van der Waals surface area contributed by atoms with E-state index < -0.39 is 0 Å². The second-order valence-electron chi connectivity index (χ2n) is 2.99. The van der Waals surface area contributed by atoms with Gasteiger partial charge in [0.15, 0.2) is 0 Å². The maximum atomic E-state index is 5.60. The van der Waals surface area contributed by atoms with Crippen LogP contribution in [0.4, 0.5) is 0 Å². The number of hydrogen-bond acceptors (Lipinski definition) is 3. The largest absolute Gasteiger partial charge is 0.371 e. The zero-order chi connectivity index (χ0) is 8.97. The van der Waals surface area contributed by atoms with Crippen LogP contribution in [0.5, 0.6) is 0 Å². The summed E-state index contributed by atoms with van der Waals surface area (Å²) in [7, 11) is 0. The Morgan fingerprint density at radius 2 is 2.33 bits per heavy atom. The average Bonchev–Trinajstić information content (AvgIpc) is 2.51. The molecular weight excluding hydrogens is 170 g/mol. The first kappa shape index (κ1) is 9.68. The minimum Gasteiger partial charge on any atom is -0.371 e. The van der Waals surface area contributed by atoms with E-state index in [1.165, 1.54) is 0 Å². The molecule has 1 aromatic rings. The van der Waals surface area contributed by atoms with Crippen molar-refractivity contribution in [2.45, 2.75) is 26.9 Å². The van der Waals surface area contributed by atoms with Gasteiger partial charge in [-0.3, -0.25) is 0 Å². The van der Waals surface area contributed by atoms with Gasteiger partial charge in [-0.2, -0.15) is 0 Å². The summed E-state index contributed by atoms with van der Waals surface area (Å²) in [6.07, 6.45) is 2.00. The lowest BCUT2D eigenvalue weighted by Crippen LogP contribution is -2.10. The lowest BCUT2D eigenvalue weighted by atomic mass is 10.1. The molecule has 0 saturated heterocycles. The number of rotatable bonds is 4. The summed E-state index contributed by atoms with van der Waals surface area (Å²) in [6.45, 7) is 7.08. The predicted molar refractivity (Wildman–Crippen MR) is 51.3 cm³/mol. The normalized spacial score (nSPS) is 13.7. The average molecular weight is 185 g/mol. The van der Waals surface area contributed by atoms with Crippen LogP contribution in [0.2, 0.25) is 0 Å². The van der Waals surface area contributed by atoms with E-state index in [1.54, 1.807) is 11.3 Å². The molecule has 1 heterocycles. The minimum absolute atomic E-state index is 0.176. The summed E-state index contributed by atoms with van der Waals surface area (Å²) >= 11 is 1.66. The molecule has 1 unspecified atom stereocenters. The fourth-order valence-corrected chi connectivity index (χ4v) is 1.96. The van der Waals surface area contributed by atoms with Gasteiger partial charge in [-0.25, -0.2) is 4.98 Å². The van der Waals surface area contributed by atoms with Gasteiger partial charge >= 0.3 is 0 Å². The lowest BCUT2D eigenvalue weighted by Gasteiger charge is -2.17. The first-order valence-electron chi connectivity index (χ1n) is 4.26. The highest BCUT2D eigenvalue weighted by atomic mass is 32.1. The van der Waals surface area contributed by atoms with Gasteiger partial charge in [-0.15, -0.1) is 11.3 Å². The highest BCUT2D eigenvalue weighted by Gasteiger charge is 2.17. The van der Waals surface area contributed by atoms with Gasteiger partial charge in [0.05, 0.1) is 0 Å². The zero-order valence-electron chi connectivity index (χ0n) is 7.78. The molecule has 3 heteroatoms. The summed E-state index contributed by atoms with van der Waals surface area (Å²) in [5.41, 5.74) is 0. The molecule has 0 aliphatic carbocycles. The van der Waals surface area contributed by atoms with Crippen molar-refractivity contribution in [2.75, 3.05) is 6.61 Å². The molecule has 0 spiro atoms. The Morgan fingerprint density at radius 3 is 2.75 bits per heavy atom. The third kappa shape index (κ3) is 2.29. The Hall–Kier alpha value is -0.410. The van der Waals surface area contributed by atoms with Crippen molar-refractivity contribution < 1.29 is 4.74 Å². The van der Waals surface area contributed by atoms with Crippen LogP contribution in [0, 0.1) is 5.92 Å². The summed E-state index contributed by atoms with van der Waals surface area (Å²) in [5, 5.41) is 3.08. The summed E-state index contributed by atoms with van der Waals surface area (Å²) < 4.78 is 5.60. The van der Waals surface area contributed by atoms with Gasteiger partial charge in [0.2, 0.25) is 0 Å². The predicted octanol–water partition coefficient (Wildman–Crippen LogP) is 2.88. The molecule has 0 fully saturated rings. The number of ether oxygens (including phenoxy) is 1. The highest BCUT2D eigenvalue weighted by molar-refractivity contribution is 7.09. The van der Waals surface area contributed by atoms with Crippen molar-refractivity contribution >= 4 is 11.3 Å². The Bertz CT molecular complexity index is 208. The number of aromatic nitrogens is 1. The monoisotopic (exact) mass is 185 g/mol. The molecule has 0 saturated carbocycles. The number of thiazole rings is 1.